The highest BCUT2D eigenvalue weighted by Crippen LogP contribution is 2.11. The van der Waals surface area contributed by atoms with Crippen molar-refractivity contribution in [1.29, 1.82) is 0 Å². The molecule has 0 saturated heterocycles. The minimum absolute atomic E-state index is 0.00933. The molecule has 140 valence electrons. The van der Waals surface area contributed by atoms with E-state index in [2.05, 4.69) is 39.8 Å². The first-order chi connectivity index (χ1) is 12.6. The second-order valence-electron chi connectivity index (χ2n) is 6.21. The maximum atomic E-state index is 11.8. The van der Waals surface area contributed by atoms with Crippen molar-refractivity contribution in [3.8, 4) is 0 Å². The van der Waals surface area contributed by atoms with Crippen LogP contribution in [0, 0.1) is 0 Å². The third kappa shape index (κ3) is 6.23. The van der Waals surface area contributed by atoms with Gasteiger partial charge in [-0.1, -0.05) is 31.2 Å². The number of benzene rings is 1. The van der Waals surface area contributed by atoms with Gasteiger partial charge in [0.1, 0.15) is 0 Å². The minimum atomic E-state index is 0.00933. The highest BCUT2D eigenvalue weighted by atomic mass is 16.2. The lowest BCUT2D eigenvalue weighted by atomic mass is 10.1. The molecule has 1 heterocycles. The number of carbonyl (C=O) groups is 1. The molecule has 7 heteroatoms. The van der Waals surface area contributed by atoms with Gasteiger partial charge in [-0.15, -0.1) is 0 Å². The number of guanidine groups is 1. The number of carbonyl (C=O) groups excluding carboxylic acids is 1. The van der Waals surface area contributed by atoms with Gasteiger partial charge in [0.15, 0.2) is 5.96 Å². The molecule has 7 nitrogen and oxygen atoms in total. The van der Waals surface area contributed by atoms with Crippen molar-refractivity contribution in [1.82, 2.24) is 25.3 Å². The number of rotatable bonds is 8. The van der Waals surface area contributed by atoms with Crippen LogP contribution in [0.4, 0.5) is 0 Å². The van der Waals surface area contributed by atoms with Crippen molar-refractivity contribution in [3.63, 3.8) is 0 Å². The SMILES string of the molecule is CCCNC(=NCc1ccccc1Cn1cccn1)NCC(=O)N(C)C. The van der Waals surface area contributed by atoms with E-state index in [0.717, 1.165) is 18.5 Å². The summed E-state index contributed by atoms with van der Waals surface area (Å²) in [6, 6.07) is 10.1. The largest absolute Gasteiger partial charge is 0.356 e. The van der Waals surface area contributed by atoms with Gasteiger partial charge in [-0.25, -0.2) is 4.99 Å². The summed E-state index contributed by atoms with van der Waals surface area (Å²) in [5.41, 5.74) is 2.32. The molecule has 1 aromatic heterocycles. The maximum Gasteiger partial charge on any atom is 0.241 e. The Morgan fingerprint density at radius 2 is 1.96 bits per heavy atom. The van der Waals surface area contributed by atoms with Crippen LogP contribution in [-0.4, -0.2) is 53.7 Å². The maximum absolute atomic E-state index is 11.8. The molecule has 0 atom stereocenters. The summed E-state index contributed by atoms with van der Waals surface area (Å²) in [6.07, 6.45) is 4.71. The van der Waals surface area contributed by atoms with Crippen LogP contribution < -0.4 is 10.6 Å². The molecule has 0 aliphatic carbocycles. The van der Waals surface area contributed by atoms with E-state index < -0.39 is 0 Å². The fraction of sp³-hybridized carbons (Fsp3) is 0.421. The summed E-state index contributed by atoms with van der Waals surface area (Å²) < 4.78 is 1.90. The van der Waals surface area contributed by atoms with Crippen LogP contribution in [0.2, 0.25) is 0 Å². The van der Waals surface area contributed by atoms with Gasteiger partial charge in [0.2, 0.25) is 5.91 Å². The molecule has 0 radical (unpaired) electrons. The van der Waals surface area contributed by atoms with Crippen molar-refractivity contribution in [2.45, 2.75) is 26.4 Å². The molecule has 0 aliphatic heterocycles. The Bertz CT molecular complexity index is 709. The molecule has 0 saturated carbocycles. The molecule has 1 amide bonds. The summed E-state index contributed by atoms with van der Waals surface area (Å²) in [5.74, 6) is 0.658. The Kier molecular flexibility index (Phi) is 7.67. The first-order valence-electron chi connectivity index (χ1n) is 8.86. The van der Waals surface area contributed by atoms with Gasteiger partial charge in [-0.2, -0.15) is 5.10 Å². The normalized spacial score (nSPS) is 11.3. The number of aromatic nitrogens is 2. The quantitative estimate of drug-likeness (QED) is 0.555. The first-order valence-corrected chi connectivity index (χ1v) is 8.86. The van der Waals surface area contributed by atoms with Crippen LogP contribution in [0.1, 0.15) is 24.5 Å². The number of nitrogens with one attached hydrogen (secondary N) is 2. The van der Waals surface area contributed by atoms with E-state index in [4.69, 9.17) is 0 Å². The standard InChI is InChI=1S/C19H28N6O/c1-4-10-20-19(22-14-18(26)24(2)3)21-13-16-8-5-6-9-17(16)15-25-12-7-11-23-25/h5-9,11-12H,4,10,13-15H2,1-3H3,(H2,20,21,22). The van der Waals surface area contributed by atoms with Gasteiger partial charge < -0.3 is 15.5 Å². The number of amides is 1. The highest BCUT2D eigenvalue weighted by Gasteiger charge is 2.07. The number of hydrogen-bond acceptors (Lipinski definition) is 3. The molecule has 0 unspecified atom stereocenters. The highest BCUT2D eigenvalue weighted by molar-refractivity contribution is 5.86. The van der Waals surface area contributed by atoms with E-state index in [0.29, 0.717) is 19.0 Å². The van der Waals surface area contributed by atoms with E-state index in [1.807, 2.05) is 29.1 Å². The zero-order chi connectivity index (χ0) is 18.8. The fourth-order valence-electron chi connectivity index (χ4n) is 2.33. The summed E-state index contributed by atoms with van der Waals surface area (Å²) in [5, 5.41) is 10.6. The second-order valence-corrected chi connectivity index (χ2v) is 6.21. The Labute approximate surface area is 155 Å². The summed E-state index contributed by atoms with van der Waals surface area (Å²) in [4.78, 5) is 18.0. The molecule has 0 fully saturated rings. The average Bonchev–Trinajstić information content (AvgIpc) is 3.15. The van der Waals surface area contributed by atoms with Crippen LogP contribution in [0.3, 0.4) is 0 Å². The van der Waals surface area contributed by atoms with Crippen molar-refractivity contribution in [3.05, 3.63) is 53.9 Å². The molecule has 1 aromatic carbocycles. The van der Waals surface area contributed by atoms with Crippen LogP contribution in [0.15, 0.2) is 47.7 Å². The van der Waals surface area contributed by atoms with Crippen molar-refractivity contribution < 1.29 is 4.79 Å². The van der Waals surface area contributed by atoms with E-state index in [-0.39, 0.29) is 12.5 Å². The summed E-state index contributed by atoms with van der Waals surface area (Å²) in [7, 11) is 3.48. The lowest BCUT2D eigenvalue weighted by molar-refractivity contribution is -0.127. The number of likely N-dealkylation sites (N-methyl/N-ethyl adjacent to an activating group) is 1. The molecular weight excluding hydrogens is 328 g/mol. The van der Waals surface area contributed by atoms with E-state index in [1.54, 1.807) is 25.2 Å². The predicted octanol–water partition coefficient (Wildman–Crippen LogP) is 1.46. The lowest BCUT2D eigenvalue weighted by Crippen LogP contribution is -2.43. The second kappa shape index (κ2) is 10.2. The third-order valence-electron chi connectivity index (χ3n) is 3.87. The van der Waals surface area contributed by atoms with Crippen LogP contribution >= 0.6 is 0 Å². The topological polar surface area (TPSA) is 74.5 Å². The number of nitrogens with zero attached hydrogens (tertiary/aromatic N) is 4. The zero-order valence-electron chi connectivity index (χ0n) is 15.8. The number of hydrogen-bond donors (Lipinski definition) is 2. The van der Waals surface area contributed by atoms with Gasteiger partial charge in [0.05, 0.1) is 19.6 Å². The Morgan fingerprint density at radius 1 is 1.19 bits per heavy atom. The molecule has 0 aliphatic rings. The minimum Gasteiger partial charge on any atom is -0.356 e. The van der Waals surface area contributed by atoms with Gasteiger partial charge in [0.25, 0.3) is 0 Å². The first kappa shape index (κ1) is 19.5. The Hall–Kier alpha value is -2.83. The van der Waals surface area contributed by atoms with E-state index in [9.17, 15) is 4.79 Å². The molecule has 0 spiro atoms. The molecule has 26 heavy (non-hydrogen) atoms. The summed E-state index contributed by atoms with van der Waals surface area (Å²) in [6.45, 7) is 4.36. The van der Waals surface area contributed by atoms with Gasteiger partial charge in [0, 0.05) is 33.0 Å². The Morgan fingerprint density at radius 3 is 2.62 bits per heavy atom. The molecule has 0 bridgehead atoms. The monoisotopic (exact) mass is 356 g/mol. The summed E-state index contributed by atoms with van der Waals surface area (Å²) >= 11 is 0. The zero-order valence-corrected chi connectivity index (χ0v) is 15.8. The van der Waals surface area contributed by atoms with Gasteiger partial charge >= 0.3 is 0 Å². The lowest BCUT2D eigenvalue weighted by Gasteiger charge is -2.15. The predicted molar refractivity (Wildman–Crippen MR) is 104 cm³/mol. The van der Waals surface area contributed by atoms with Gasteiger partial charge in [-0.3, -0.25) is 9.48 Å². The fourth-order valence-corrected chi connectivity index (χ4v) is 2.33. The Balaban J connectivity index is 2.06. The average molecular weight is 356 g/mol. The number of aliphatic imine (C=N–C) groups is 1. The van der Waals surface area contributed by atoms with Crippen LogP contribution in [-0.2, 0) is 17.9 Å². The van der Waals surface area contributed by atoms with Crippen LogP contribution in [0.25, 0.3) is 0 Å². The van der Waals surface area contributed by atoms with Crippen molar-refractivity contribution in [2.75, 3.05) is 27.2 Å². The van der Waals surface area contributed by atoms with Crippen molar-refractivity contribution in [2.24, 2.45) is 4.99 Å². The van der Waals surface area contributed by atoms with E-state index in [1.165, 1.54) is 5.56 Å². The van der Waals surface area contributed by atoms with E-state index >= 15 is 0 Å². The van der Waals surface area contributed by atoms with Crippen LogP contribution in [0.5, 0.6) is 0 Å². The van der Waals surface area contributed by atoms with Gasteiger partial charge in [-0.05, 0) is 23.6 Å². The smallest absolute Gasteiger partial charge is 0.241 e. The van der Waals surface area contributed by atoms with Crippen molar-refractivity contribution >= 4 is 11.9 Å². The molecule has 2 N–H and O–H groups in total. The molecule has 2 rings (SSSR count). The third-order valence-corrected chi connectivity index (χ3v) is 3.87. The molecule has 2 aromatic rings. The molecular formula is C19H28N6O.